The number of benzene rings is 2. The summed E-state index contributed by atoms with van der Waals surface area (Å²) in [6, 6.07) is 14.1. The Hall–Kier alpha value is -2.29. The van der Waals surface area contributed by atoms with Crippen LogP contribution < -0.4 is 10.1 Å². The fourth-order valence-electron chi connectivity index (χ4n) is 2.02. The van der Waals surface area contributed by atoms with E-state index < -0.39 is 5.91 Å². The molecule has 4 nitrogen and oxygen atoms in total. The molecule has 0 unspecified atom stereocenters. The summed E-state index contributed by atoms with van der Waals surface area (Å²) in [7, 11) is 0. The smallest absolute Gasteiger partial charge is 0.266 e. The summed E-state index contributed by atoms with van der Waals surface area (Å²) in [5, 5.41) is 12.3. The second-order valence-corrected chi connectivity index (χ2v) is 6.72. The highest BCUT2D eigenvalue weighted by molar-refractivity contribution is 9.10. The summed E-state index contributed by atoms with van der Waals surface area (Å²) in [6.07, 6.45) is 1.56. The summed E-state index contributed by atoms with van der Waals surface area (Å²) in [4.78, 5) is 12.3. The van der Waals surface area contributed by atoms with E-state index in [1.807, 2.05) is 19.9 Å². The van der Waals surface area contributed by atoms with Gasteiger partial charge in [0.1, 0.15) is 17.4 Å². The van der Waals surface area contributed by atoms with Gasteiger partial charge in [0, 0.05) is 0 Å². The lowest BCUT2D eigenvalue weighted by molar-refractivity contribution is -0.112. The van der Waals surface area contributed by atoms with Crippen LogP contribution in [0.5, 0.6) is 5.75 Å². The zero-order valence-electron chi connectivity index (χ0n) is 13.7. The minimum absolute atomic E-state index is 0.0238. The van der Waals surface area contributed by atoms with Crippen LogP contribution in [0.2, 0.25) is 5.02 Å². The van der Waals surface area contributed by atoms with E-state index in [0.717, 1.165) is 4.47 Å². The maximum absolute atomic E-state index is 12.3. The number of carbonyl (C=O) groups excluding carboxylic acids is 1. The normalized spacial score (nSPS) is 11.1. The van der Waals surface area contributed by atoms with E-state index in [1.54, 1.807) is 42.5 Å². The molecular weight excluding hydrogens is 404 g/mol. The number of nitrogens with one attached hydrogen (secondary N) is 1. The van der Waals surface area contributed by atoms with E-state index in [2.05, 4.69) is 21.2 Å². The zero-order valence-corrected chi connectivity index (χ0v) is 16.1. The highest BCUT2D eigenvalue weighted by atomic mass is 79.9. The van der Waals surface area contributed by atoms with Crippen LogP contribution in [0.1, 0.15) is 19.4 Å². The summed E-state index contributed by atoms with van der Waals surface area (Å²) >= 11 is 9.45. The third-order valence-corrected chi connectivity index (χ3v) is 4.07. The molecule has 25 heavy (non-hydrogen) atoms. The number of anilines is 1. The molecule has 0 aliphatic carbocycles. The highest BCUT2D eigenvalue weighted by Gasteiger charge is 2.12. The maximum Gasteiger partial charge on any atom is 0.266 e. The first-order valence-electron chi connectivity index (χ1n) is 7.54. The lowest BCUT2D eigenvalue weighted by Crippen LogP contribution is -2.13. The summed E-state index contributed by atoms with van der Waals surface area (Å²) in [5.41, 5.74) is 1.13. The fourth-order valence-corrected chi connectivity index (χ4v) is 2.70. The molecular formula is C19H16BrClN2O2. The summed E-state index contributed by atoms with van der Waals surface area (Å²) < 4.78 is 6.39. The lowest BCUT2D eigenvalue weighted by atomic mass is 10.1. The Bertz CT molecular complexity index is 857. The minimum Gasteiger partial charge on any atom is -0.490 e. The quantitative estimate of drug-likeness (QED) is 0.519. The maximum atomic E-state index is 12.3. The molecule has 128 valence electrons. The molecule has 0 aliphatic heterocycles. The molecule has 0 aromatic heterocycles. The lowest BCUT2D eigenvalue weighted by Gasteiger charge is -2.11. The molecule has 1 amide bonds. The first kappa shape index (κ1) is 19.0. The molecule has 2 aromatic rings. The van der Waals surface area contributed by atoms with Crippen LogP contribution >= 0.6 is 27.5 Å². The number of halogens is 2. The van der Waals surface area contributed by atoms with Crippen molar-refractivity contribution in [1.82, 2.24) is 0 Å². The molecule has 0 saturated carbocycles. The molecule has 1 N–H and O–H groups in total. The van der Waals surface area contributed by atoms with Gasteiger partial charge in [-0.1, -0.05) is 29.8 Å². The van der Waals surface area contributed by atoms with Gasteiger partial charge in [0.25, 0.3) is 5.91 Å². The number of hydrogen-bond acceptors (Lipinski definition) is 3. The molecule has 0 aliphatic rings. The second kappa shape index (κ2) is 8.70. The van der Waals surface area contributed by atoms with Gasteiger partial charge < -0.3 is 10.1 Å². The van der Waals surface area contributed by atoms with Crippen LogP contribution in [0.25, 0.3) is 6.08 Å². The zero-order chi connectivity index (χ0) is 18.4. The fraction of sp³-hybridized carbons (Fsp3) is 0.158. The number of para-hydroxylation sites is 1. The van der Waals surface area contributed by atoms with Crippen molar-refractivity contribution < 1.29 is 9.53 Å². The van der Waals surface area contributed by atoms with E-state index in [1.165, 1.54) is 6.08 Å². The van der Waals surface area contributed by atoms with Gasteiger partial charge in [-0.3, -0.25) is 4.79 Å². The SMILES string of the molecule is CC(C)Oc1ccc(/C=C(\C#N)C(=O)Nc2ccccc2Cl)cc1Br. The van der Waals surface area contributed by atoms with Gasteiger partial charge in [0.2, 0.25) is 0 Å². The van der Waals surface area contributed by atoms with Crippen LogP contribution in [0.4, 0.5) is 5.69 Å². The van der Waals surface area contributed by atoms with Gasteiger partial charge in [-0.25, -0.2) is 0 Å². The van der Waals surface area contributed by atoms with Gasteiger partial charge in [-0.05, 0) is 65.7 Å². The number of rotatable bonds is 5. The van der Waals surface area contributed by atoms with Gasteiger partial charge in [-0.2, -0.15) is 5.26 Å². The van der Waals surface area contributed by atoms with Crippen LogP contribution in [0.15, 0.2) is 52.5 Å². The Balaban J connectivity index is 2.22. The van der Waals surface area contributed by atoms with E-state index in [9.17, 15) is 10.1 Å². The topological polar surface area (TPSA) is 62.1 Å². The Morgan fingerprint density at radius 2 is 2.04 bits per heavy atom. The van der Waals surface area contributed by atoms with E-state index in [0.29, 0.717) is 22.0 Å². The van der Waals surface area contributed by atoms with Crippen molar-refractivity contribution >= 4 is 45.2 Å². The number of ether oxygens (including phenoxy) is 1. The molecule has 0 saturated heterocycles. The Labute approximate surface area is 160 Å². The molecule has 0 bridgehead atoms. The Morgan fingerprint density at radius 3 is 2.64 bits per heavy atom. The average Bonchev–Trinajstić information content (AvgIpc) is 2.56. The van der Waals surface area contributed by atoms with E-state index >= 15 is 0 Å². The minimum atomic E-state index is -0.519. The van der Waals surface area contributed by atoms with Crippen LogP contribution in [0.3, 0.4) is 0 Å². The second-order valence-electron chi connectivity index (χ2n) is 5.46. The molecule has 2 rings (SSSR count). The van der Waals surface area contributed by atoms with Crippen molar-refractivity contribution in [2.24, 2.45) is 0 Å². The van der Waals surface area contributed by atoms with Crippen molar-refractivity contribution in [2.45, 2.75) is 20.0 Å². The van der Waals surface area contributed by atoms with Gasteiger partial charge in [0.15, 0.2) is 0 Å². The molecule has 0 radical (unpaired) electrons. The number of nitriles is 1. The number of amides is 1. The van der Waals surface area contributed by atoms with Crippen LogP contribution in [-0.4, -0.2) is 12.0 Å². The van der Waals surface area contributed by atoms with E-state index in [4.69, 9.17) is 16.3 Å². The molecule has 0 fully saturated rings. The Morgan fingerprint density at radius 1 is 1.32 bits per heavy atom. The molecule has 6 heteroatoms. The van der Waals surface area contributed by atoms with Gasteiger partial charge in [-0.15, -0.1) is 0 Å². The average molecular weight is 420 g/mol. The summed E-state index contributed by atoms with van der Waals surface area (Å²) in [6.45, 7) is 3.88. The third-order valence-electron chi connectivity index (χ3n) is 3.12. The predicted octanol–water partition coefficient (Wildman–Crippen LogP) is 5.44. The monoisotopic (exact) mass is 418 g/mol. The van der Waals surface area contributed by atoms with Crippen molar-refractivity contribution in [3.8, 4) is 11.8 Å². The number of carbonyl (C=O) groups is 1. The first-order chi connectivity index (χ1) is 11.9. The largest absolute Gasteiger partial charge is 0.490 e. The number of nitrogens with zero attached hydrogens (tertiary/aromatic N) is 1. The molecule has 0 spiro atoms. The standard InChI is InChI=1S/C19H16BrClN2O2/c1-12(2)25-18-8-7-13(10-15(18)20)9-14(11-22)19(24)23-17-6-4-3-5-16(17)21/h3-10,12H,1-2H3,(H,23,24)/b14-9+. The predicted molar refractivity (Wildman–Crippen MR) is 104 cm³/mol. The van der Waals surface area contributed by atoms with Crippen molar-refractivity contribution in [1.29, 1.82) is 5.26 Å². The number of hydrogen-bond donors (Lipinski definition) is 1. The highest BCUT2D eigenvalue weighted by Crippen LogP contribution is 2.28. The Kier molecular flexibility index (Phi) is 6.63. The van der Waals surface area contributed by atoms with Crippen LogP contribution in [-0.2, 0) is 4.79 Å². The molecule has 0 heterocycles. The van der Waals surface area contributed by atoms with Gasteiger partial charge in [0.05, 0.1) is 21.3 Å². The molecule has 0 atom stereocenters. The first-order valence-corrected chi connectivity index (χ1v) is 8.71. The van der Waals surface area contributed by atoms with E-state index in [-0.39, 0.29) is 11.7 Å². The summed E-state index contributed by atoms with van der Waals surface area (Å²) in [5.74, 6) is 0.181. The van der Waals surface area contributed by atoms with Crippen LogP contribution in [0, 0.1) is 11.3 Å². The van der Waals surface area contributed by atoms with Gasteiger partial charge >= 0.3 is 0 Å². The van der Waals surface area contributed by atoms with Crippen molar-refractivity contribution in [3.63, 3.8) is 0 Å². The molecule has 2 aromatic carbocycles. The van der Waals surface area contributed by atoms with Crippen molar-refractivity contribution in [2.75, 3.05) is 5.32 Å². The van der Waals surface area contributed by atoms with Crippen molar-refractivity contribution in [3.05, 3.63) is 63.1 Å². The third kappa shape index (κ3) is 5.35.